The number of aromatic nitrogens is 3. The molecule has 2 amide bonds. The number of aliphatic hydroxyl groups is 1. The van der Waals surface area contributed by atoms with Crippen molar-refractivity contribution in [2.24, 2.45) is 0 Å². The monoisotopic (exact) mass is 477 g/mol. The van der Waals surface area contributed by atoms with Crippen LogP contribution >= 0.6 is 0 Å². The Bertz CT molecular complexity index is 1340. The molecule has 0 radical (unpaired) electrons. The molecule has 3 N–H and O–H groups in total. The molecule has 3 aromatic rings. The van der Waals surface area contributed by atoms with Gasteiger partial charge < -0.3 is 20.1 Å². The third-order valence-corrected chi connectivity index (χ3v) is 5.22. The number of hydrogen-bond donors (Lipinski definition) is 3. The zero-order chi connectivity index (χ0) is 25.2. The number of likely N-dealkylation sites (N-methyl/N-ethyl adjacent to an activating group) is 1. The molecule has 0 saturated carbocycles. The lowest BCUT2D eigenvalue weighted by Gasteiger charge is -2.20. The Morgan fingerprint density at radius 3 is 2.86 bits per heavy atom. The number of halogens is 1. The molecule has 1 aromatic heterocycles. The van der Waals surface area contributed by atoms with Gasteiger partial charge in [0.25, 0.3) is 11.8 Å². The fourth-order valence-electron chi connectivity index (χ4n) is 3.43. The maximum absolute atomic E-state index is 13.9. The number of carbonyl (C=O) groups is 2. The molecule has 2 heterocycles. The van der Waals surface area contributed by atoms with Gasteiger partial charge in [0.15, 0.2) is 0 Å². The lowest BCUT2D eigenvalue weighted by atomic mass is 10.1. The first kappa shape index (κ1) is 23.9. The summed E-state index contributed by atoms with van der Waals surface area (Å²) in [5, 5.41) is 19.0. The van der Waals surface area contributed by atoms with Gasteiger partial charge in [-0.3, -0.25) is 14.7 Å². The second-order valence-corrected chi connectivity index (χ2v) is 8.60. The number of benzene rings is 2. The number of carbonyl (C=O) groups excluding carboxylic acids is 2. The minimum atomic E-state index is -1.16. The molecule has 180 valence electrons. The fourth-order valence-corrected chi connectivity index (χ4v) is 3.43. The van der Waals surface area contributed by atoms with E-state index >= 15 is 0 Å². The topological polar surface area (TPSA) is 120 Å². The van der Waals surface area contributed by atoms with E-state index in [0.717, 1.165) is 0 Å². The van der Waals surface area contributed by atoms with Crippen molar-refractivity contribution in [3.8, 4) is 17.6 Å². The molecular formula is C25H24FN5O4. The molecule has 10 heteroatoms. The Balaban J connectivity index is 1.46. The van der Waals surface area contributed by atoms with E-state index in [1.54, 1.807) is 57.3 Å². The Hall–Kier alpha value is -4.23. The highest BCUT2D eigenvalue weighted by molar-refractivity contribution is 6.02. The van der Waals surface area contributed by atoms with Crippen LogP contribution in [-0.4, -0.2) is 57.4 Å². The van der Waals surface area contributed by atoms with E-state index in [1.807, 2.05) is 0 Å². The van der Waals surface area contributed by atoms with Gasteiger partial charge in [-0.05, 0) is 43.7 Å². The minimum absolute atomic E-state index is 0.0941. The third kappa shape index (κ3) is 5.65. The smallest absolute Gasteiger partial charge is 0.291 e. The van der Waals surface area contributed by atoms with Crippen LogP contribution in [0.2, 0.25) is 0 Å². The van der Waals surface area contributed by atoms with Crippen molar-refractivity contribution in [1.29, 1.82) is 0 Å². The molecular weight excluding hydrogens is 453 g/mol. The maximum Gasteiger partial charge on any atom is 0.291 e. The Labute approximate surface area is 201 Å². The number of amides is 2. The highest BCUT2D eigenvalue weighted by atomic mass is 19.1. The normalized spacial score (nSPS) is 15.4. The zero-order valence-electron chi connectivity index (χ0n) is 19.4. The Kier molecular flexibility index (Phi) is 6.53. The van der Waals surface area contributed by atoms with Gasteiger partial charge in [-0.25, -0.2) is 9.37 Å². The molecule has 1 aliphatic heterocycles. The molecule has 0 saturated heterocycles. The highest BCUT2D eigenvalue weighted by Crippen LogP contribution is 2.31. The van der Waals surface area contributed by atoms with Crippen LogP contribution in [0.1, 0.15) is 41.4 Å². The summed E-state index contributed by atoms with van der Waals surface area (Å²) in [7, 11) is 1.57. The molecule has 9 nitrogen and oxygen atoms in total. The van der Waals surface area contributed by atoms with Crippen LogP contribution in [0.25, 0.3) is 0 Å². The summed E-state index contributed by atoms with van der Waals surface area (Å²) in [6.07, 6.45) is 0.134. The second kappa shape index (κ2) is 9.56. The van der Waals surface area contributed by atoms with Gasteiger partial charge in [-0.2, -0.15) is 0 Å². The van der Waals surface area contributed by atoms with Crippen molar-refractivity contribution in [3.63, 3.8) is 0 Å². The molecule has 1 unspecified atom stereocenters. The zero-order valence-corrected chi connectivity index (χ0v) is 19.4. The molecule has 2 aromatic carbocycles. The first-order valence-electron chi connectivity index (χ1n) is 10.9. The third-order valence-electron chi connectivity index (χ3n) is 5.22. The summed E-state index contributed by atoms with van der Waals surface area (Å²) in [6.45, 7) is 3.06. The quantitative estimate of drug-likeness (QED) is 0.493. The van der Waals surface area contributed by atoms with Gasteiger partial charge in [0.1, 0.15) is 35.6 Å². The van der Waals surface area contributed by atoms with Crippen LogP contribution in [0.15, 0.2) is 42.5 Å². The van der Waals surface area contributed by atoms with Gasteiger partial charge in [-0.15, -0.1) is 5.10 Å². The van der Waals surface area contributed by atoms with E-state index in [0.29, 0.717) is 28.4 Å². The summed E-state index contributed by atoms with van der Waals surface area (Å²) >= 11 is 0. The second-order valence-electron chi connectivity index (χ2n) is 8.60. The average molecular weight is 477 g/mol. The van der Waals surface area contributed by atoms with Gasteiger partial charge in [-0.1, -0.05) is 30.0 Å². The predicted octanol–water partition coefficient (Wildman–Crippen LogP) is 1.81. The number of rotatable bonds is 4. The van der Waals surface area contributed by atoms with Gasteiger partial charge in [0.2, 0.25) is 5.82 Å². The van der Waals surface area contributed by atoms with E-state index in [-0.39, 0.29) is 24.7 Å². The molecule has 0 spiro atoms. The van der Waals surface area contributed by atoms with Crippen LogP contribution in [0.5, 0.6) is 5.75 Å². The van der Waals surface area contributed by atoms with E-state index in [1.165, 1.54) is 11.0 Å². The minimum Gasteiger partial charge on any atom is -0.489 e. The van der Waals surface area contributed by atoms with E-state index in [2.05, 4.69) is 32.3 Å². The number of ether oxygens (including phenoxy) is 1. The van der Waals surface area contributed by atoms with Crippen molar-refractivity contribution < 1.29 is 23.8 Å². The van der Waals surface area contributed by atoms with Crippen molar-refractivity contribution in [1.82, 2.24) is 20.5 Å². The number of nitrogens with one attached hydrogen (secondary N) is 2. The van der Waals surface area contributed by atoms with Crippen LogP contribution in [-0.2, 0) is 11.2 Å². The first-order valence-corrected chi connectivity index (χ1v) is 10.9. The van der Waals surface area contributed by atoms with Crippen molar-refractivity contribution in [2.45, 2.75) is 31.9 Å². The van der Waals surface area contributed by atoms with Crippen molar-refractivity contribution in [3.05, 3.63) is 71.1 Å². The number of nitrogens with zero attached hydrogens (tertiary/aromatic N) is 3. The Morgan fingerprint density at radius 2 is 2.11 bits per heavy atom. The van der Waals surface area contributed by atoms with Gasteiger partial charge in [0.05, 0.1) is 5.69 Å². The largest absolute Gasteiger partial charge is 0.489 e. The van der Waals surface area contributed by atoms with Gasteiger partial charge in [0, 0.05) is 19.0 Å². The summed E-state index contributed by atoms with van der Waals surface area (Å²) in [5.74, 6) is 4.75. The Morgan fingerprint density at radius 1 is 1.34 bits per heavy atom. The number of aromatic amines is 1. The van der Waals surface area contributed by atoms with E-state index < -0.39 is 23.5 Å². The standard InChI is InChI=1S/C25H24FN5O4/c1-25(2,34)11-10-15-8-9-20-19(12-15)31(3)24(33)18(14-35-20)27-23(32)22-28-21(29-30-22)13-16-6-4-5-7-17(16)26/h4-9,12,18,34H,13-14H2,1-3H3,(H,27,32)(H,28,29,30). The van der Waals surface area contributed by atoms with Crippen LogP contribution in [0.4, 0.5) is 10.1 Å². The van der Waals surface area contributed by atoms with E-state index in [4.69, 9.17) is 4.74 Å². The number of H-pyrrole nitrogens is 1. The summed E-state index contributed by atoms with van der Waals surface area (Å²) < 4.78 is 19.7. The molecule has 1 atom stereocenters. The van der Waals surface area contributed by atoms with Crippen LogP contribution in [0.3, 0.4) is 0 Å². The van der Waals surface area contributed by atoms with Crippen LogP contribution in [0, 0.1) is 17.7 Å². The summed E-state index contributed by atoms with van der Waals surface area (Å²) in [5.41, 5.74) is 0.337. The molecule has 4 rings (SSSR count). The molecule has 0 bridgehead atoms. The summed E-state index contributed by atoms with van der Waals surface area (Å²) in [6, 6.07) is 10.4. The highest BCUT2D eigenvalue weighted by Gasteiger charge is 2.31. The number of fused-ring (bicyclic) bond motifs is 1. The molecule has 0 fully saturated rings. The molecule has 35 heavy (non-hydrogen) atoms. The molecule has 0 aliphatic carbocycles. The predicted molar refractivity (Wildman–Crippen MR) is 125 cm³/mol. The van der Waals surface area contributed by atoms with Crippen LogP contribution < -0.4 is 15.0 Å². The average Bonchev–Trinajstić information content (AvgIpc) is 3.25. The lowest BCUT2D eigenvalue weighted by molar-refractivity contribution is -0.120. The van der Waals surface area contributed by atoms with Gasteiger partial charge >= 0.3 is 0 Å². The lowest BCUT2D eigenvalue weighted by Crippen LogP contribution is -2.49. The molecule has 1 aliphatic rings. The fraction of sp³-hybridized carbons (Fsp3) is 0.280. The van der Waals surface area contributed by atoms with Crippen molar-refractivity contribution >= 4 is 17.5 Å². The number of hydrogen-bond acceptors (Lipinski definition) is 6. The van der Waals surface area contributed by atoms with Crippen molar-refractivity contribution in [2.75, 3.05) is 18.6 Å². The van der Waals surface area contributed by atoms with E-state index in [9.17, 15) is 19.1 Å². The first-order chi connectivity index (χ1) is 16.6. The number of anilines is 1. The maximum atomic E-state index is 13.9. The SMILES string of the molecule is CN1C(=O)C(NC(=O)c2n[nH]c(Cc3ccccc3F)n2)COc2ccc(C#CC(C)(C)O)cc21. The summed E-state index contributed by atoms with van der Waals surface area (Å²) in [4.78, 5) is 31.3.